The molecule has 0 saturated carbocycles. The van der Waals surface area contributed by atoms with E-state index in [-0.39, 0.29) is 18.8 Å². The second kappa shape index (κ2) is 7.31. The van der Waals surface area contributed by atoms with Crippen molar-refractivity contribution in [2.24, 2.45) is 0 Å². The Labute approximate surface area is 138 Å². The van der Waals surface area contributed by atoms with Gasteiger partial charge in [0.2, 0.25) is 0 Å². The van der Waals surface area contributed by atoms with E-state index in [1.165, 1.54) is 14.2 Å². The first-order valence-electron chi connectivity index (χ1n) is 5.97. The molecule has 2 N–H and O–H groups in total. The van der Waals surface area contributed by atoms with Crippen molar-refractivity contribution in [3.05, 3.63) is 27.7 Å². The highest BCUT2D eigenvalue weighted by Gasteiger charge is 2.41. The molecule has 2 atom stereocenters. The molecule has 0 spiro atoms. The maximum atomic E-state index is 11.9. The molecule has 1 heterocycles. The minimum absolute atomic E-state index is 0. The smallest absolute Gasteiger partial charge is 0.365 e. The molecule has 0 unspecified atom stereocenters. The minimum Gasteiger partial charge on any atom is -1.00 e. The Morgan fingerprint density at radius 2 is 1.81 bits per heavy atom. The third-order valence-corrected chi connectivity index (χ3v) is 3.87. The Bertz CT molecular complexity index is 565. The molecule has 1 aromatic rings. The van der Waals surface area contributed by atoms with Crippen LogP contribution in [0.25, 0.3) is 0 Å². The number of esters is 2. The average molecular weight is 355 g/mol. The molecule has 0 fully saturated rings. The van der Waals surface area contributed by atoms with E-state index in [4.69, 9.17) is 32.7 Å². The quantitative estimate of drug-likeness (QED) is 0.513. The van der Waals surface area contributed by atoms with Gasteiger partial charge in [0.15, 0.2) is 6.04 Å². The van der Waals surface area contributed by atoms with E-state index in [1.54, 1.807) is 17.4 Å². The number of rotatable bonds is 2. The molecule has 0 saturated heterocycles. The number of methoxy groups -OCH3 is 2. The van der Waals surface area contributed by atoms with Crippen LogP contribution in [0.3, 0.4) is 0 Å². The lowest BCUT2D eigenvalue weighted by Crippen LogP contribution is -3.00. The highest BCUT2D eigenvalue weighted by atomic mass is 35.5. The number of ether oxygens (including phenoxy) is 2. The zero-order valence-electron chi connectivity index (χ0n) is 11.4. The molecule has 1 aromatic carbocycles. The Morgan fingerprint density at radius 3 is 2.38 bits per heavy atom. The van der Waals surface area contributed by atoms with Crippen LogP contribution in [0.2, 0.25) is 10.0 Å². The summed E-state index contributed by atoms with van der Waals surface area (Å²) < 4.78 is 9.54. The molecule has 0 bridgehead atoms. The van der Waals surface area contributed by atoms with Crippen LogP contribution in [0.5, 0.6) is 0 Å². The van der Waals surface area contributed by atoms with Gasteiger partial charge in [0.05, 0.1) is 25.2 Å². The number of benzene rings is 1. The maximum absolute atomic E-state index is 11.9. The first kappa shape index (κ1) is 18.0. The molecule has 5 nitrogen and oxygen atoms in total. The average Bonchev–Trinajstić information content (AvgIpc) is 2.43. The molecule has 0 radical (unpaired) electrons. The van der Waals surface area contributed by atoms with Crippen molar-refractivity contribution >= 4 is 40.8 Å². The predicted octanol–water partition coefficient (Wildman–Crippen LogP) is -1.61. The molecule has 8 heteroatoms. The molecule has 2 rings (SSSR count). The molecule has 0 aliphatic carbocycles. The van der Waals surface area contributed by atoms with Gasteiger partial charge in [0.25, 0.3) is 0 Å². The highest BCUT2D eigenvalue weighted by Crippen LogP contribution is 2.37. The number of quaternary nitrogens is 1. The minimum atomic E-state index is -0.603. The first-order valence-corrected chi connectivity index (χ1v) is 6.73. The number of hydrogen-bond donors (Lipinski definition) is 1. The lowest BCUT2D eigenvalue weighted by molar-refractivity contribution is -0.604. The van der Waals surface area contributed by atoms with Gasteiger partial charge < -0.3 is 27.2 Å². The fraction of sp³-hybridized carbons (Fsp3) is 0.385. The van der Waals surface area contributed by atoms with E-state index in [1.807, 2.05) is 0 Å². The van der Waals surface area contributed by atoms with Crippen molar-refractivity contribution in [1.29, 1.82) is 0 Å². The largest absolute Gasteiger partial charge is 1.00 e. The van der Waals surface area contributed by atoms with E-state index >= 15 is 0 Å². The van der Waals surface area contributed by atoms with Crippen molar-refractivity contribution in [1.82, 2.24) is 0 Å². The van der Waals surface area contributed by atoms with Crippen LogP contribution >= 0.6 is 23.2 Å². The number of fused-ring (bicyclic) bond motifs is 1. The van der Waals surface area contributed by atoms with E-state index in [0.717, 1.165) is 0 Å². The van der Waals surface area contributed by atoms with Crippen molar-refractivity contribution in [2.45, 2.75) is 18.4 Å². The summed E-state index contributed by atoms with van der Waals surface area (Å²) in [4.78, 5) is 23.7. The van der Waals surface area contributed by atoms with Crippen LogP contribution in [0.4, 0.5) is 5.69 Å². The molecular weight excluding hydrogens is 341 g/mol. The SMILES string of the molecule is COC(=O)[C@@H]1C[C@H](C(=O)OC)c2c(Cl)cc(Cl)cc2[NH2+]1.[Cl-]. The van der Waals surface area contributed by atoms with Gasteiger partial charge in [0, 0.05) is 23.1 Å². The standard InChI is InChI=1S/C13H13Cl2NO4.ClH/c1-19-12(17)7-5-10(13(18)20-2)16-9-4-6(14)3-8(15)11(7)9;/h3-4,7,10,16H,5H2,1-2H3;1H/t7-,10-;/m0./s1. The summed E-state index contributed by atoms with van der Waals surface area (Å²) in [7, 11) is 2.61. The van der Waals surface area contributed by atoms with Gasteiger partial charge in [-0.15, -0.1) is 0 Å². The molecule has 1 aliphatic heterocycles. The number of halogens is 3. The van der Waals surface area contributed by atoms with Gasteiger partial charge in [-0.05, 0) is 6.07 Å². The van der Waals surface area contributed by atoms with Gasteiger partial charge in [-0.2, -0.15) is 0 Å². The zero-order valence-corrected chi connectivity index (χ0v) is 13.6. The Balaban J connectivity index is 0.00000220. The molecular formula is C13H14Cl3NO4. The number of nitrogens with two attached hydrogens (primary N) is 1. The third-order valence-electron chi connectivity index (χ3n) is 3.33. The number of hydrogen-bond acceptors (Lipinski definition) is 4. The van der Waals surface area contributed by atoms with Gasteiger partial charge in [0.1, 0.15) is 5.69 Å². The topological polar surface area (TPSA) is 69.2 Å². The fourth-order valence-electron chi connectivity index (χ4n) is 2.44. The summed E-state index contributed by atoms with van der Waals surface area (Å²) in [5, 5.41) is 2.56. The van der Waals surface area contributed by atoms with E-state index in [9.17, 15) is 9.59 Å². The monoisotopic (exact) mass is 353 g/mol. The van der Waals surface area contributed by atoms with Crippen molar-refractivity contribution in [3.8, 4) is 0 Å². The summed E-state index contributed by atoms with van der Waals surface area (Å²) in [5.41, 5.74) is 1.31. The predicted molar refractivity (Wildman–Crippen MR) is 73.2 cm³/mol. The van der Waals surface area contributed by atoms with E-state index in [2.05, 4.69) is 0 Å². The fourth-order valence-corrected chi connectivity index (χ4v) is 3.08. The zero-order chi connectivity index (χ0) is 14.9. The van der Waals surface area contributed by atoms with Crippen LogP contribution in [-0.4, -0.2) is 32.2 Å². The van der Waals surface area contributed by atoms with Crippen molar-refractivity contribution < 1.29 is 36.8 Å². The van der Waals surface area contributed by atoms with Crippen LogP contribution < -0.4 is 17.7 Å². The Morgan fingerprint density at radius 1 is 1.19 bits per heavy atom. The Hall–Kier alpha value is -1.01. The second-order valence-corrected chi connectivity index (χ2v) is 5.34. The van der Waals surface area contributed by atoms with E-state index in [0.29, 0.717) is 21.3 Å². The highest BCUT2D eigenvalue weighted by molar-refractivity contribution is 6.35. The maximum Gasteiger partial charge on any atom is 0.365 e. The molecule has 21 heavy (non-hydrogen) atoms. The molecule has 116 valence electrons. The Kier molecular flexibility index (Phi) is 6.28. The summed E-state index contributed by atoms with van der Waals surface area (Å²) in [6.07, 6.45) is 0.272. The third kappa shape index (κ3) is 3.61. The van der Waals surface area contributed by atoms with Crippen LogP contribution in [0.15, 0.2) is 12.1 Å². The normalized spacial score (nSPS) is 20.0. The van der Waals surface area contributed by atoms with Gasteiger partial charge in [-0.25, -0.2) is 4.79 Å². The van der Waals surface area contributed by atoms with Crippen LogP contribution in [-0.2, 0) is 19.1 Å². The van der Waals surface area contributed by atoms with Gasteiger partial charge >= 0.3 is 11.9 Å². The lowest BCUT2D eigenvalue weighted by Gasteiger charge is -2.27. The van der Waals surface area contributed by atoms with Gasteiger partial charge in [-0.1, -0.05) is 23.2 Å². The van der Waals surface area contributed by atoms with Gasteiger partial charge in [-0.3, -0.25) is 4.79 Å². The van der Waals surface area contributed by atoms with Crippen LogP contribution in [0.1, 0.15) is 17.9 Å². The summed E-state index contributed by atoms with van der Waals surface area (Å²) in [5.74, 6) is -1.44. The molecule has 1 aliphatic rings. The second-order valence-electron chi connectivity index (χ2n) is 4.50. The van der Waals surface area contributed by atoms with Crippen molar-refractivity contribution in [3.63, 3.8) is 0 Å². The summed E-state index contributed by atoms with van der Waals surface area (Å²) >= 11 is 12.1. The molecule has 0 amide bonds. The molecule has 0 aromatic heterocycles. The van der Waals surface area contributed by atoms with Crippen LogP contribution in [0, 0.1) is 0 Å². The van der Waals surface area contributed by atoms with E-state index < -0.39 is 23.9 Å². The lowest BCUT2D eigenvalue weighted by atomic mass is 9.87. The number of carbonyl (C=O) groups is 2. The first-order chi connectivity index (χ1) is 9.47. The summed E-state index contributed by atoms with van der Waals surface area (Å²) in [6, 6.07) is 2.73. The van der Waals surface area contributed by atoms with Crippen molar-refractivity contribution in [2.75, 3.05) is 14.2 Å². The number of carbonyl (C=O) groups excluding carboxylic acids is 2. The summed E-state index contributed by atoms with van der Waals surface area (Å²) in [6.45, 7) is 0.